The van der Waals surface area contributed by atoms with Crippen molar-refractivity contribution in [3.8, 4) is 11.5 Å². The summed E-state index contributed by atoms with van der Waals surface area (Å²) in [6.07, 6.45) is 5.99. The number of rotatable bonds is 9. The Morgan fingerprint density at radius 3 is 2.48 bits per heavy atom. The molecule has 0 aromatic heterocycles. The van der Waals surface area contributed by atoms with Crippen LogP contribution in [0, 0.1) is 0 Å². The van der Waals surface area contributed by atoms with Gasteiger partial charge in [0, 0.05) is 12.7 Å². The fourth-order valence-corrected chi connectivity index (χ4v) is 2.90. The molecule has 0 bridgehead atoms. The number of hydrogen-bond acceptors (Lipinski definition) is 7. The van der Waals surface area contributed by atoms with Crippen LogP contribution in [0.3, 0.4) is 0 Å². The summed E-state index contributed by atoms with van der Waals surface area (Å²) in [5, 5.41) is 0. The normalized spacial score (nSPS) is 14.7. The maximum atomic E-state index is 12.0. The second-order valence-corrected chi connectivity index (χ2v) is 6.20. The molecule has 1 aliphatic rings. The standard InChI is InChI=1S/C20H26O7/c1-23-13-26-19(21)12-15(20(22)25-3)10-14-8-9-17(18(11-14)24-2)27-16-6-4-5-7-16/h8-11,16H,4-7,12-13H2,1-3H3. The van der Waals surface area contributed by atoms with E-state index in [1.165, 1.54) is 27.1 Å². The molecule has 0 aliphatic heterocycles. The lowest BCUT2D eigenvalue weighted by molar-refractivity contribution is -0.154. The summed E-state index contributed by atoms with van der Waals surface area (Å²) in [7, 11) is 4.23. The Labute approximate surface area is 159 Å². The van der Waals surface area contributed by atoms with E-state index in [0.717, 1.165) is 12.8 Å². The van der Waals surface area contributed by atoms with E-state index in [4.69, 9.17) is 18.9 Å². The van der Waals surface area contributed by atoms with Gasteiger partial charge in [-0.15, -0.1) is 0 Å². The van der Waals surface area contributed by atoms with E-state index in [2.05, 4.69) is 4.74 Å². The average molecular weight is 378 g/mol. The van der Waals surface area contributed by atoms with Crippen LogP contribution < -0.4 is 9.47 Å². The molecule has 7 nitrogen and oxygen atoms in total. The molecule has 1 aromatic carbocycles. The molecule has 7 heteroatoms. The van der Waals surface area contributed by atoms with Gasteiger partial charge in [-0.2, -0.15) is 0 Å². The van der Waals surface area contributed by atoms with Gasteiger partial charge in [0.15, 0.2) is 18.3 Å². The van der Waals surface area contributed by atoms with Crippen molar-refractivity contribution in [3.63, 3.8) is 0 Å². The maximum absolute atomic E-state index is 12.0. The largest absolute Gasteiger partial charge is 0.493 e. The summed E-state index contributed by atoms with van der Waals surface area (Å²) in [6.45, 7) is -0.172. The van der Waals surface area contributed by atoms with Crippen LogP contribution in [0.15, 0.2) is 23.8 Å². The van der Waals surface area contributed by atoms with Crippen molar-refractivity contribution in [2.45, 2.75) is 38.2 Å². The van der Waals surface area contributed by atoms with Crippen LogP contribution >= 0.6 is 0 Å². The van der Waals surface area contributed by atoms with E-state index in [0.29, 0.717) is 17.1 Å². The van der Waals surface area contributed by atoms with Crippen molar-refractivity contribution >= 4 is 18.0 Å². The second kappa shape index (κ2) is 10.6. The van der Waals surface area contributed by atoms with Gasteiger partial charge in [-0.05, 0) is 49.5 Å². The molecule has 2 rings (SSSR count). The SMILES string of the molecule is COCOC(=O)CC(=Cc1ccc(OC2CCCC2)c(OC)c1)C(=O)OC. The van der Waals surface area contributed by atoms with E-state index >= 15 is 0 Å². The van der Waals surface area contributed by atoms with Crippen LogP contribution in [-0.4, -0.2) is 46.2 Å². The van der Waals surface area contributed by atoms with E-state index in [1.807, 2.05) is 0 Å². The van der Waals surface area contributed by atoms with Gasteiger partial charge in [0.2, 0.25) is 0 Å². The van der Waals surface area contributed by atoms with Crippen molar-refractivity contribution in [1.29, 1.82) is 0 Å². The summed E-state index contributed by atoms with van der Waals surface area (Å²) >= 11 is 0. The molecule has 148 valence electrons. The summed E-state index contributed by atoms with van der Waals surface area (Å²) in [5.41, 5.74) is 0.857. The van der Waals surface area contributed by atoms with Crippen LogP contribution in [0.4, 0.5) is 0 Å². The minimum absolute atomic E-state index is 0.171. The molecular weight excluding hydrogens is 352 g/mol. The van der Waals surface area contributed by atoms with Crippen molar-refractivity contribution in [2.24, 2.45) is 0 Å². The minimum Gasteiger partial charge on any atom is -0.493 e. The van der Waals surface area contributed by atoms with Gasteiger partial charge >= 0.3 is 11.9 Å². The second-order valence-electron chi connectivity index (χ2n) is 6.20. The quantitative estimate of drug-likeness (QED) is 0.371. The van der Waals surface area contributed by atoms with Crippen molar-refractivity contribution in [2.75, 3.05) is 28.1 Å². The van der Waals surface area contributed by atoms with Gasteiger partial charge in [-0.25, -0.2) is 4.79 Å². The first-order chi connectivity index (χ1) is 13.1. The highest BCUT2D eigenvalue weighted by Crippen LogP contribution is 2.33. The Hall–Kier alpha value is -2.54. The molecule has 0 spiro atoms. The van der Waals surface area contributed by atoms with E-state index in [-0.39, 0.29) is 24.9 Å². The van der Waals surface area contributed by atoms with Crippen molar-refractivity contribution < 1.29 is 33.3 Å². The Balaban J connectivity index is 2.18. The third-order valence-corrected chi connectivity index (χ3v) is 4.24. The molecule has 27 heavy (non-hydrogen) atoms. The highest BCUT2D eigenvalue weighted by molar-refractivity contribution is 5.98. The molecule has 1 fully saturated rings. The van der Waals surface area contributed by atoms with E-state index in [9.17, 15) is 9.59 Å². The van der Waals surface area contributed by atoms with E-state index in [1.54, 1.807) is 31.4 Å². The van der Waals surface area contributed by atoms with Crippen molar-refractivity contribution in [1.82, 2.24) is 0 Å². The molecule has 1 aliphatic carbocycles. The van der Waals surface area contributed by atoms with Crippen LogP contribution in [-0.2, 0) is 23.8 Å². The van der Waals surface area contributed by atoms with Crippen LogP contribution in [0.2, 0.25) is 0 Å². The van der Waals surface area contributed by atoms with Crippen LogP contribution in [0.1, 0.15) is 37.7 Å². The zero-order chi connectivity index (χ0) is 19.6. The number of methoxy groups -OCH3 is 3. The first-order valence-electron chi connectivity index (χ1n) is 8.85. The molecular formula is C20H26O7. The summed E-state index contributed by atoms with van der Waals surface area (Å²) in [6, 6.07) is 5.37. The molecule has 0 radical (unpaired) electrons. The van der Waals surface area contributed by atoms with Gasteiger partial charge in [0.05, 0.1) is 26.7 Å². The predicted molar refractivity (Wildman–Crippen MR) is 98.5 cm³/mol. The Morgan fingerprint density at radius 1 is 1.11 bits per heavy atom. The average Bonchev–Trinajstić information content (AvgIpc) is 3.19. The monoisotopic (exact) mass is 378 g/mol. The molecule has 0 amide bonds. The Bertz CT molecular complexity index is 675. The van der Waals surface area contributed by atoms with Gasteiger partial charge in [0.25, 0.3) is 0 Å². The lowest BCUT2D eigenvalue weighted by Crippen LogP contribution is -2.13. The molecule has 1 aromatic rings. The Kier molecular flexibility index (Phi) is 8.13. The fraction of sp³-hybridized carbons (Fsp3) is 0.500. The first-order valence-corrected chi connectivity index (χ1v) is 8.85. The lowest BCUT2D eigenvalue weighted by Gasteiger charge is -2.16. The number of benzene rings is 1. The number of esters is 2. The molecule has 0 atom stereocenters. The number of ether oxygens (including phenoxy) is 5. The lowest BCUT2D eigenvalue weighted by atomic mass is 10.1. The minimum atomic E-state index is -0.602. The summed E-state index contributed by atoms with van der Waals surface area (Å²) < 4.78 is 25.7. The highest BCUT2D eigenvalue weighted by atomic mass is 16.7. The van der Waals surface area contributed by atoms with Gasteiger partial charge in [-0.3, -0.25) is 4.79 Å². The first kappa shape index (κ1) is 20.8. The summed E-state index contributed by atoms with van der Waals surface area (Å²) in [4.78, 5) is 23.8. The highest BCUT2D eigenvalue weighted by Gasteiger charge is 2.19. The summed E-state index contributed by atoms with van der Waals surface area (Å²) in [5.74, 6) is 0.0544. The molecule has 0 N–H and O–H groups in total. The number of hydrogen-bond donors (Lipinski definition) is 0. The fourth-order valence-electron chi connectivity index (χ4n) is 2.90. The number of carbonyl (C=O) groups is 2. The van der Waals surface area contributed by atoms with Crippen LogP contribution in [0.25, 0.3) is 6.08 Å². The van der Waals surface area contributed by atoms with Gasteiger partial charge < -0.3 is 23.7 Å². The van der Waals surface area contributed by atoms with E-state index < -0.39 is 11.9 Å². The van der Waals surface area contributed by atoms with Gasteiger partial charge in [-0.1, -0.05) is 6.07 Å². The predicted octanol–water partition coefficient (Wildman–Crippen LogP) is 3.11. The maximum Gasteiger partial charge on any atom is 0.334 e. The molecule has 0 heterocycles. The third-order valence-electron chi connectivity index (χ3n) is 4.24. The third kappa shape index (κ3) is 6.29. The van der Waals surface area contributed by atoms with Crippen molar-refractivity contribution in [3.05, 3.63) is 29.3 Å². The Morgan fingerprint density at radius 2 is 1.85 bits per heavy atom. The smallest absolute Gasteiger partial charge is 0.334 e. The zero-order valence-electron chi connectivity index (χ0n) is 16.0. The molecule has 0 saturated heterocycles. The van der Waals surface area contributed by atoms with Gasteiger partial charge in [0.1, 0.15) is 0 Å². The number of carbonyl (C=O) groups excluding carboxylic acids is 2. The molecule has 1 saturated carbocycles. The molecule has 0 unspecified atom stereocenters. The van der Waals surface area contributed by atoms with Crippen LogP contribution in [0.5, 0.6) is 11.5 Å². The topological polar surface area (TPSA) is 80.3 Å². The zero-order valence-corrected chi connectivity index (χ0v) is 16.0.